The number of benzene rings is 1. The van der Waals surface area contributed by atoms with E-state index in [1.807, 2.05) is 25.1 Å². The largest absolute Gasteiger partial charge is 0.461 e. The summed E-state index contributed by atoms with van der Waals surface area (Å²) in [5.74, 6) is -0.318. The molecule has 0 N–H and O–H groups in total. The molecule has 0 aliphatic carbocycles. The van der Waals surface area contributed by atoms with Crippen molar-refractivity contribution in [1.82, 2.24) is 4.98 Å². The Morgan fingerprint density at radius 3 is 2.62 bits per heavy atom. The number of aryl methyl sites for hydroxylation is 1. The second kappa shape index (κ2) is 7.93. The van der Waals surface area contributed by atoms with Gasteiger partial charge in [-0.2, -0.15) is 0 Å². The highest BCUT2D eigenvalue weighted by atomic mass is 32.1. The molecule has 112 valence electrons. The average molecular weight is 303 g/mol. The van der Waals surface area contributed by atoms with E-state index in [2.05, 4.69) is 24.0 Å². The van der Waals surface area contributed by atoms with E-state index in [9.17, 15) is 4.79 Å². The Balaban J connectivity index is 2.29. The lowest BCUT2D eigenvalue weighted by Gasteiger charge is -2.01. The van der Waals surface area contributed by atoms with E-state index >= 15 is 0 Å². The van der Waals surface area contributed by atoms with E-state index in [-0.39, 0.29) is 5.97 Å². The number of aromatic nitrogens is 1. The van der Waals surface area contributed by atoms with Gasteiger partial charge in [-0.15, -0.1) is 11.3 Å². The van der Waals surface area contributed by atoms with Gasteiger partial charge in [-0.25, -0.2) is 9.78 Å². The van der Waals surface area contributed by atoms with Crippen molar-refractivity contribution >= 4 is 17.3 Å². The van der Waals surface area contributed by atoms with E-state index < -0.39 is 0 Å². The molecule has 0 saturated heterocycles. The fourth-order valence-corrected chi connectivity index (χ4v) is 3.17. The lowest BCUT2D eigenvalue weighted by atomic mass is 10.1. The lowest BCUT2D eigenvalue weighted by Crippen LogP contribution is -2.04. The summed E-state index contributed by atoms with van der Waals surface area (Å²) >= 11 is 1.43. The van der Waals surface area contributed by atoms with Gasteiger partial charge in [0.1, 0.15) is 0 Å². The molecule has 0 atom stereocenters. The highest BCUT2D eigenvalue weighted by Gasteiger charge is 2.18. The number of hydrogen-bond acceptors (Lipinski definition) is 4. The molecule has 0 unspecified atom stereocenters. The van der Waals surface area contributed by atoms with E-state index in [4.69, 9.17) is 4.74 Å². The summed E-state index contributed by atoms with van der Waals surface area (Å²) in [4.78, 5) is 17.5. The number of hydrogen-bond donors (Lipinski definition) is 0. The van der Waals surface area contributed by atoms with Gasteiger partial charge in [0, 0.05) is 0 Å². The van der Waals surface area contributed by atoms with E-state index in [0.717, 1.165) is 29.0 Å². The molecule has 2 rings (SSSR count). The second-order valence-electron chi connectivity index (χ2n) is 4.84. The van der Waals surface area contributed by atoms with Crippen LogP contribution in [0.1, 0.15) is 48.6 Å². The summed E-state index contributed by atoms with van der Waals surface area (Å²) in [6.07, 6.45) is 4.37. The van der Waals surface area contributed by atoms with Crippen molar-refractivity contribution in [3.8, 4) is 10.4 Å². The third-order valence-corrected chi connectivity index (χ3v) is 4.33. The minimum absolute atomic E-state index is 0.318. The maximum atomic E-state index is 11.9. The van der Waals surface area contributed by atoms with Gasteiger partial charge in [0.05, 0.1) is 17.2 Å². The molecule has 0 aliphatic heterocycles. The van der Waals surface area contributed by atoms with Crippen LogP contribution in [0.5, 0.6) is 0 Å². The summed E-state index contributed by atoms with van der Waals surface area (Å²) in [6.45, 7) is 4.37. The van der Waals surface area contributed by atoms with Crippen molar-refractivity contribution in [1.29, 1.82) is 0 Å². The predicted molar refractivity (Wildman–Crippen MR) is 86.7 cm³/mol. The quantitative estimate of drug-likeness (QED) is 0.549. The Kier molecular flexibility index (Phi) is 5.93. The van der Waals surface area contributed by atoms with Crippen LogP contribution in [0, 0.1) is 0 Å². The molecule has 21 heavy (non-hydrogen) atoms. The van der Waals surface area contributed by atoms with Gasteiger partial charge in [-0.1, -0.05) is 50.1 Å². The summed E-state index contributed by atoms with van der Waals surface area (Å²) < 4.78 is 5.07. The highest BCUT2D eigenvalue weighted by Crippen LogP contribution is 2.31. The first kappa shape index (κ1) is 15.7. The molecule has 0 spiro atoms. The molecule has 1 aromatic heterocycles. The Morgan fingerprint density at radius 1 is 1.19 bits per heavy atom. The van der Waals surface area contributed by atoms with Gasteiger partial charge >= 0.3 is 5.97 Å². The Bertz CT molecular complexity index is 578. The zero-order valence-electron chi connectivity index (χ0n) is 12.6. The first-order valence-corrected chi connectivity index (χ1v) is 8.30. The molecular weight excluding hydrogens is 282 g/mol. The number of carbonyl (C=O) groups is 1. The summed E-state index contributed by atoms with van der Waals surface area (Å²) in [5.41, 5.74) is 2.14. The van der Waals surface area contributed by atoms with Crippen molar-refractivity contribution in [3.05, 3.63) is 41.0 Å². The van der Waals surface area contributed by atoms with E-state index in [1.54, 1.807) is 0 Å². The van der Waals surface area contributed by atoms with Crippen LogP contribution in [0.15, 0.2) is 30.3 Å². The monoisotopic (exact) mass is 303 g/mol. The maximum absolute atomic E-state index is 11.9. The summed E-state index contributed by atoms with van der Waals surface area (Å²) in [5, 5.41) is 0.460. The van der Waals surface area contributed by atoms with Crippen LogP contribution in [0.25, 0.3) is 10.4 Å². The van der Waals surface area contributed by atoms with Gasteiger partial charge in [-0.3, -0.25) is 0 Å². The first-order chi connectivity index (χ1) is 10.3. The average Bonchev–Trinajstić information content (AvgIpc) is 2.93. The molecular formula is C17H21NO2S. The van der Waals surface area contributed by atoms with Gasteiger partial charge in [-0.05, 0) is 25.3 Å². The molecule has 0 fully saturated rings. The molecule has 1 aromatic carbocycles. The number of ether oxygens (including phenoxy) is 1. The minimum Gasteiger partial charge on any atom is -0.461 e. The Morgan fingerprint density at radius 2 is 1.95 bits per heavy atom. The van der Waals surface area contributed by atoms with Gasteiger partial charge < -0.3 is 4.74 Å². The molecule has 1 heterocycles. The topological polar surface area (TPSA) is 39.2 Å². The Labute approximate surface area is 130 Å². The third-order valence-electron chi connectivity index (χ3n) is 3.20. The number of unbranched alkanes of at least 4 members (excludes halogenated alkanes) is 2. The summed E-state index contributed by atoms with van der Waals surface area (Å²) in [7, 11) is 0. The van der Waals surface area contributed by atoms with Crippen molar-refractivity contribution < 1.29 is 9.53 Å². The molecule has 3 nitrogen and oxygen atoms in total. The maximum Gasteiger partial charge on any atom is 0.367 e. The van der Waals surface area contributed by atoms with Crippen LogP contribution >= 0.6 is 11.3 Å². The van der Waals surface area contributed by atoms with Crippen LogP contribution in [-0.4, -0.2) is 17.6 Å². The smallest absolute Gasteiger partial charge is 0.367 e. The van der Waals surface area contributed by atoms with E-state index in [0.29, 0.717) is 11.6 Å². The molecule has 4 heteroatoms. The number of carbonyl (C=O) groups excluding carboxylic acids is 1. The molecule has 0 aliphatic rings. The van der Waals surface area contributed by atoms with Crippen LogP contribution < -0.4 is 0 Å². The van der Waals surface area contributed by atoms with Crippen molar-refractivity contribution in [2.24, 2.45) is 0 Å². The van der Waals surface area contributed by atoms with Crippen LogP contribution in [0.3, 0.4) is 0 Å². The highest BCUT2D eigenvalue weighted by molar-refractivity contribution is 7.17. The third kappa shape index (κ3) is 4.14. The normalized spacial score (nSPS) is 10.6. The van der Waals surface area contributed by atoms with Crippen LogP contribution in [0.4, 0.5) is 0 Å². The van der Waals surface area contributed by atoms with Gasteiger partial charge in [0.15, 0.2) is 0 Å². The standard InChI is InChI=1S/C17H21NO2S/c1-3-5-7-12-14-15(13-10-8-6-9-11-13)21-16(18-14)17(19)20-4-2/h6,8-11H,3-5,7,12H2,1-2H3. The number of rotatable bonds is 7. The SMILES string of the molecule is CCCCCc1nc(C(=O)OCC)sc1-c1ccccc1. The predicted octanol–water partition coefficient (Wildman–Crippen LogP) is 4.72. The number of nitrogens with zero attached hydrogens (tertiary/aromatic N) is 1. The minimum atomic E-state index is -0.318. The zero-order chi connectivity index (χ0) is 15.1. The number of esters is 1. The summed E-state index contributed by atoms with van der Waals surface area (Å²) in [6, 6.07) is 10.1. The van der Waals surface area contributed by atoms with Crippen molar-refractivity contribution in [2.45, 2.75) is 39.5 Å². The molecule has 0 radical (unpaired) electrons. The van der Waals surface area contributed by atoms with Crippen LogP contribution in [0.2, 0.25) is 0 Å². The first-order valence-electron chi connectivity index (χ1n) is 7.48. The van der Waals surface area contributed by atoms with Gasteiger partial charge in [0.25, 0.3) is 0 Å². The van der Waals surface area contributed by atoms with Crippen LogP contribution in [-0.2, 0) is 11.2 Å². The molecule has 0 bridgehead atoms. The van der Waals surface area contributed by atoms with E-state index in [1.165, 1.54) is 24.2 Å². The molecule has 2 aromatic rings. The second-order valence-corrected chi connectivity index (χ2v) is 5.84. The lowest BCUT2D eigenvalue weighted by molar-refractivity contribution is 0.0525. The fourth-order valence-electron chi connectivity index (χ4n) is 2.16. The molecule has 0 saturated carbocycles. The zero-order valence-corrected chi connectivity index (χ0v) is 13.4. The fraction of sp³-hybridized carbons (Fsp3) is 0.412. The molecule has 0 amide bonds. The van der Waals surface area contributed by atoms with Gasteiger partial charge in [0.2, 0.25) is 5.01 Å². The number of thiazole rings is 1. The van der Waals surface area contributed by atoms with Crippen molar-refractivity contribution in [2.75, 3.05) is 6.61 Å². The van der Waals surface area contributed by atoms with Crippen molar-refractivity contribution in [3.63, 3.8) is 0 Å². The Hall–Kier alpha value is -1.68.